The fourth-order valence-electron chi connectivity index (χ4n) is 10.3. The number of anilines is 3. The number of piperazine rings is 1. The van der Waals surface area contributed by atoms with Crippen molar-refractivity contribution in [2.75, 3.05) is 80.1 Å². The molecule has 5 saturated heterocycles. The molecule has 15 nitrogen and oxygen atoms in total. The topological polar surface area (TPSA) is 147 Å². The molecule has 1 spiro atoms. The van der Waals surface area contributed by atoms with Crippen LogP contribution in [0.25, 0.3) is 4.85 Å². The van der Waals surface area contributed by atoms with E-state index in [1.807, 2.05) is 28.0 Å². The Labute approximate surface area is 358 Å². The largest absolute Gasteiger partial charge is 0.368 e. The molecule has 1 unspecified atom stereocenters. The van der Waals surface area contributed by atoms with Crippen LogP contribution in [0.5, 0.6) is 0 Å². The molecule has 6 aliphatic rings. The zero-order valence-corrected chi connectivity index (χ0v) is 34.9. The van der Waals surface area contributed by atoms with E-state index < -0.39 is 35.5 Å². The molecule has 5 fully saturated rings. The second-order valence-corrected chi connectivity index (χ2v) is 17.9. The fourth-order valence-corrected chi connectivity index (χ4v) is 10.6. The zero-order chi connectivity index (χ0) is 42.6. The quantitative estimate of drug-likeness (QED) is 0.259. The van der Waals surface area contributed by atoms with E-state index in [2.05, 4.69) is 42.0 Å². The van der Waals surface area contributed by atoms with Crippen LogP contribution >= 0.6 is 11.6 Å². The minimum absolute atomic E-state index is 0.0116. The highest BCUT2D eigenvalue weighted by molar-refractivity contribution is 6.33. The lowest BCUT2D eigenvalue weighted by atomic mass is 9.77. The number of imide groups is 2. The number of aromatic nitrogens is 2. The summed E-state index contributed by atoms with van der Waals surface area (Å²) < 4.78 is 15.5. The molecule has 9 rings (SSSR count). The lowest BCUT2D eigenvalue weighted by molar-refractivity contribution is -0.136. The van der Waals surface area contributed by atoms with Crippen LogP contribution in [0.1, 0.15) is 83.1 Å². The third-order valence-corrected chi connectivity index (χ3v) is 14.1. The Hall–Kier alpha value is -5.66. The molecule has 318 valence electrons. The van der Waals surface area contributed by atoms with Crippen LogP contribution in [-0.4, -0.2) is 132 Å². The smallest absolute Gasteiger partial charge is 0.274 e. The van der Waals surface area contributed by atoms with Gasteiger partial charge in [-0.05, 0) is 93.2 Å². The highest BCUT2D eigenvalue weighted by Crippen LogP contribution is 2.46. The van der Waals surface area contributed by atoms with Gasteiger partial charge in [-0.15, -0.1) is 10.2 Å². The number of nitrogens with zero attached hydrogens (tertiary/aromatic N) is 9. The van der Waals surface area contributed by atoms with E-state index in [0.29, 0.717) is 67.6 Å². The number of fused-ring (bicyclic) bond motifs is 1. The van der Waals surface area contributed by atoms with Crippen molar-refractivity contribution in [3.8, 4) is 0 Å². The molecular formula is C44H48ClFN10O5. The van der Waals surface area contributed by atoms with Crippen molar-refractivity contribution in [1.82, 2.24) is 30.2 Å². The molecule has 2 aromatic carbocycles. The average molecular weight is 851 g/mol. The maximum absolute atomic E-state index is 15.5. The van der Waals surface area contributed by atoms with Gasteiger partial charge in [0.1, 0.15) is 11.9 Å². The summed E-state index contributed by atoms with van der Waals surface area (Å²) in [6.07, 6.45) is 4.93. The minimum atomic E-state index is -1.11. The van der Waals surface area contributed by atoms with Crippen molar-refractivity contribution in [1.29, 1.82) is 0 Å². The number of halogens is 2. The van der Waals surface area contributed by atoms with E-state index in [-0.39, 0.29) is 41.0 Å². The van der Waals surface area contributed by atoms with E-state index in [9.17, 15) is 24.0 Å². The van der Waals surface area contributed by atoms with Crippen LogP contribution in [0, 0.1) is 23.7 Å². The molecule has 2 atom stereocenters. The van der Waals surface area contributed by atoms with Crippen LogP contribution in [-0.2, 0) is 9.59 Å². The Bertz CT molecular complexity index is 2320. The van der Waals surface area contributed by atoms with Crippen molar-refractivity contribution in [3.63, 3.8) is 0 Å². The Kier molecular flexibility index (Phi) is 10.9. The number of amides is 5. The number of hydrogen-bond acceptors (Lipinski definition) is 11. The van der Waals surface area contributed by atoms with E-state index in [0.717, 1.165) is 80.8 Å². The van der Waals surface area contributed by atoms with Gasteiger partial charge < -0.3 is 19.6 Å². The van der Waals surface area contributed by atoms with Gasteiger partial charge in [0.25, 0.3) is 17.7 Å². The molecule has 61 heavy (non-hydrogen) atoms. The van der Waals surface area contributed by atoms with Crippen LogP contribution in [0.4, 0.5) is 27.3 Å². The van der Waals surface area contributed by atoms with E-state index in [1.54, 1.807) is 12.1 Å². The van der Waals surface area contributed by atoms with Gasteiger partial charge in [-0.25, -0.2) is 9.24 Å². The predicted molar refractivity (Wildman–Crippen MR) is 225 cm³/mol. The monoisotopic (exact) mass is 850 g/mol. The molecule has 1 aromatic heterocycles. The Morgan fingerprint density at radius 3 is 2.28 bits per heavy atom. The number of carbonyl (C=O) groups is 5. The van der Waals surface area contributed by atoms with Crippen molar-refractivity contribution in [2.45, 2.75) is 64.0 Å². The van der Waals surface area contributed by atoms with Gasteiger partial charge in [0.2, 0.25) is 17.5 Å². The maximum atomic E-state index is 15.5. The van der Waals surface area contributed by atoms with Crippen LogP contribution < -0.4 is 20.0 Å². The molecular weight excluding hydrogens is 803 g/mol. The summed E-state index contributed by atoms with van der Waals surface area (Å²) in [5.74, 6) is -2.06. The number of rotatable bonds is 7. The standard InChI is InChI=1S/C44H48ClFN10O5/c1-27-24-44(26-55(27)29-3-4-34(47-2)32(45)21-29)11-15-53(16-12-44)38-7-5-35(49-50-38)43(61)54-13-9-28(10-14-54)25-51-17-19-52(20-18-51)37-23-31-30(22-33(37)46)41(59)56(42(31)60)36-6-8-39(57)48-40(36)58/h3-5,7,21-23,27-28,36H,6,8-20,24-26H2,1H3,(H,48,57,58)/t27-,36?/m0/s1. The number of likely N-dealkylation sites (tertiary alicyclic amines) is 1. The van der Waals surface area contributed by atoms with E-state index in [1.165, 1.54) is 6.07 Å². The highest BCUT2D eigenvalue weighted by atomic mass is 35.5. The molecule has 5 amide bonds. The Morgan fingerprint density at radius 1 is 0.902 bits per heavy atom. The zero-order valence-electron chi connectivity index (χ0n) is 34.1. The van der Waals surface area contributed by atoms with Crippen molar-refractivity contribution in [3.05, 3.63) is 81.5 Å². The molecule has 0 aliphatic carbocycles. The molecule has 0 bridgehead atoms. The second kappa shape index (κ2) is 16.3. The molecule has 17 heteroatoms. The fraction of sp³-hybridized carbons (Fsp3) is 0.500. The molecule has 0 saturated carbocycles. The first-order chi connectivity index (χ1) is 29.4. The van der Waals surface area contributed by atoms with Gasteiger partial charge in [-0.2, -0.15) is 0 Å². The predicted octanol–water partition coefficient (Wildman–Crippen LogP) is 4.78. The van der Waals surface area contributed by atoms with Gasteiger partial charge in [0, 0.05) is 88.6 Å². The van der Waals surface area contributed by atoms with Crippen LogP contribution in [0.15, 0.2) is 42.5 Å². The SMILES string of the molecule is [C-]#[N+]c1ccc(N2CC3(CCN(c4ccc(C(=O)N5CCC(CN6CCN(c7cc8c(cc7F)C(=O)N(C7CCC(=O)NC7=O)C8=O)CC6)CC5)nn4)CC3)C[C@@H]2C)cc1Cl. The number of nitrogens with one attached hydrogen (secondary N) is 1. The number of benzene rings is 2. The molecule has 1 N–H and O–H groups in total. The van der Waals surface area contributed by atoms with Gasteiger partial charge >= 0.3 is 0 Å². The van der Waals surface area contributed by atoms with Gasteiger partial charge in [-0.1, -0.05) is 17.7 Å². The number of carbonyl (C=O) groups excluding carboxylic acids is 5. The first-order valence-corrected chi connectivity index (χ1v) is 21.6. The Morgan fingerprint density at radius 2 is 1.62 bits per heavy atom. The average Bonchev–Trinajstić information content (AvgIpc) is 3.71. The van der Waals surface area contributed by atoms with Gasteiger partial charge in [-0.3, -0.25) is 39.1 Å². The maximum Gasteiger partial charge on any atom is 0.274 e. The summed E-state index contributed by atoms with van der Waals surface area (Å²) in [5, 5.41) is 11.6. The normalized spacial score (nSPS) is 23.5. The molecule has 0 radical (unpaired) electrons. The first-order valence-electron chi connectivity index (χ1n) is 21.2. The lowest BCUT2D eigenvalue weighted by Crippen LogP contribution is -2.54. The molecule has 7 heterocycles. The lowest BCUT2D eigenvalue weighted by Gasteiger charge is -2.40. The summed E-state index contributed by atoms with van der Waals surface area (Å²) in [4.78, 5) is 79.1. The molecule has 6 aliphatic heterocycles. The summed E-state index contributed by atoms with van der Waals surface area (Å²) in [6, 6.07) is 11.2. The van der Waals surface area contributed by atoms with Crippen molar-refractivity contribution in [2.24, 2.45) is 11.3 Å². The number of hydrogen-bond donors (Lipinski definition) is 1. The first kappa shape index (κ1) is 40.7. The third kappa shape index (κ3) is 7.78. The highest BCUT2D eigenvalue weighted by Gasteiger charge is 2.46. The van der Waals surface area contributed by atoms with Crippen LogP contribution in [0.3, 0.4) is 0 Å². The second-order valence-electron chi connectivity index (χ2n) is 17.5. The third-order valence-electron chi connectivity index (χ3n) is 13.8. The summed E-state index contributed by atoms with van der Waals surface area (Å²) in [6.45, 7) is 16.8. The van der Waals surface area contributed by atoms with Crippen molar-refractivity contribution < 1.29 is 28.4 Å². The van der Waals surface area contributed by atoms with E-state index >= 15 is 4.39 Å². The van der Waals surface area contributed by atoms with Crippen molar-refractivity contribution >= 4 is 64.0 Å². The molecule has 3 aromatic rings. The summed E-state index contributed by atoms with van der Waals surface area (Å²) in [5.41, 5.74) is 2.32. The van der Waals surface area contributed by atoms with Gasteiger partial charge in [0.05, 0.1) is 23.4 Å². The van der Waals surface area contributed by atoms with E-state index in [4.69, 9.17) is 18.2 Å². The number of piperidine rings is 3. The Balaban J connectivity index is 0.725. The minimum Gasteiger partial charge on any atom is -0.368 e. The summed E-state index contributed by atoms with van der Waals surface area (Å²) in [7, 11) is 0. The summed E-state index contributed by atoms with van der Waals surface area (Å²) >= 11 is 6.37. The van der Waals surface area contributed by atoms with Gasteiger partial charge in [0.15, 0.2) is 11.5 Å². The van der Waals surface area contributed by atoms with Crippen LogP contribution in [0.2, 0.25) is 5.02 Å².